The molecule has 3 rings (SSSR count). The number of hydrogen-bond acceptors (Lipinski definition) is 6. The topological polar surface area (TPSA) is 96.9 Å². The minimum Gasteiger partial charge on any atom is -0.422 e. The van der Waals surface area contributed by atoms with Crippen molar-refractivity contribution in [2.75, 3.05) is 6.54 Å². The van der Waals surface area contributed by atoms with Gasteiger partial charge in [-0.2, -0.15) is 5.10 Å². The summed E-state index contributed by atoms with van der Waals surface area (Å²) in [4.78, 5) is 36.2. The van der Waals surface area contributed by atoms with Gasteiger partial charge in [0.1, 0.15) is 10.6 Å². The predicted molar refractivity (Wildman–Crippen MR) is 115 cm³/mol. The van der Waals surface area contributed by atoms with Crippen molar-refractivity contribution in [2.24, 2.45) is 5.10 Å². The van der Waals surface area contributed by atoms with Gasteiger partial charge in [-0.15, -0.1) is 11.3 Å². The van der Waals surface area contributed by atoms with Gasteiger partial charge in [0.05, 0.1) is 23.3 Å². The molecule has 9 heteroatoms. The first-order valence-corrected chi connectivity index (χ1v) is 9.99. The molecule has 0 unspecified atom stereocenters. The van der Waals surface area contributed by atoms with E-state index >= 15 is 0 Å². The zero-order valence-corrected chi connectivity index (χ0v) is 17.1. The van der Waals surface area contributed by atoms with E-state index in [-0.39, 0.29) is 12.1 Å². The summed E-state index contributed by atoms with van der Waals surface area (Å²) in [6, 6.07) is 16.6. The first-order valence-electron chi connectivity index (χ1n) is 8.73. The Kier molecular flexibility index (Phi) is 7.31. The second-order valence-electron chi connectivity index (χ2n) is 5.89. The van der Waals surface area contributed by atoms with Crippen LogP contribution in [-0.2, 0) is 4.79 Å². The molecule has 0 saturated heterocycles. The number of carbonyl (C=O) groups is 3. The zero-order valence-electron chi connectivity index (χ0n) is 15.5. The molecule has 0 radical (unpaired) electrons. The van der Waals surface area contributed by atoms with E-state index in [0.29, 0.717) is 21.2 Å². The van der Waals surface area contributed by atoms with E-state index in [1.165, 1.54) is 17.6 Å². The van der Waals surface area contributed by atoms with Gasteiger partial charge in [0.15, 0.2) is 0 Å². The molecule has 1 heterocycles. The third-order valence-corrected chi connectivity index (χ3v) is 4.92. The molecule has 0 saturated carbocycles. The fraction of sp³-hybridized carbons (Fsp3) is 0.0476. The predicted octanol–water partition coefficient (Wildman–Crippen LogP) is 3.50. The normalized spacial score (nSPS) is 10.6. The molecule has 1 aromatic heterocycles. The summed E-state index contributed by atoms with van der Waals surface area (Å²) < 4.78 is 5.26. The number of ether oxygens (including phenoxy) is 1. The number of carbonyl (C=O) groups excluding carboxylic acids is 3. The number of nitrogens with one attached hydrogen (secondary N) is 2. The fourth-order valence-corrected chi connectivity index (χ4v) is 3.11. The van der Waals surface area contributed by atoms with Crippen LogP contribution in [0.1, 0.15) is 25.6 Å². The second-order valence-corrected chi connectivity index (χ2v) is 7.25. The highest BCUT2D eigenvalue weighted by molar-refractivity contribution is 7.12. The molecule has 7 nitrogen and oxygen atoms in total. The number of esters is 1. The summed E-state index contributed by atoms with van der Waals surface area (Å²) >= 11 is 7.24. The molecule has 152 valence electrons. The van der Waals surface area contributed by atoms with Crippen molar-refractivity contribution >= 4 is 46.9 Å². The van der Waals surface area contributed by atoms with Gasteiger partial charge in [0, 0.05) is 0 Å². The van der Waals surface area contributed by atoms with Gasteiger partial charge in [-0.25, -0.2) is 10.2 Å². The maximum absolute atomic E-state index is 12.0. The largest absolute Gasteiger partial charge is 0.422 e. The van der Waals surface area contributed by atoms with E-state index in [0.717, 1.165) is 0 Å². The number of hydrogen-bond donors (Lipinski definition) is 2. The summed E-state index contributed by atoms with van der Waals surface area (Å²) in [5.74, 6) is -0.963. The van der Waals surface area contributed by atoms with Gasteiger partial charge in [-0.3, -0.25) is 9.59 Å². The summed E-state index contributed by atoms with van der Waals surface area (Å²) in [6.07, 6.45) is 1.43. The Hall–Kier alpha value is -3.49. The molecule has 0 spiro atoms. The number of benzene rings is 2. The Morgan fingerprint density at radius 1 is 1.03 bits per heavy atom. The third kappa shape index (κ3) is 6.00. The zero-order chi connectivity index (χ0) is 21.3. The molecular weight excluding hydrogens is 426 g/mol. The number of thiophene rings is 1. The van der Waals surface area contributed by atoms with Gasteiger partial charge >= 0.3 is 5.97 Å². The maximum Gasteiger partial charge on any atom is 0.353 e. The average molecular weight is 442 g/mol. The lowest BCUT2D eigenvalue weighted by atomic mass is 10.2. The average Bonchev–Trinajstić information content (AvgIpc) is 3.29. The van der Waals surface area contributed by atoms with E-state index in [1.807, 2.05) is 0 Å². The van der Waals surface area contributed by atoms with Crippen LogP contribution >= 0.6 is 22.9 Å². The van der Waals surface area contributed by atoms with Crippen molar-refractivity contribution in [3.63, 3.8) is 0 Å². The first-order chi connectivity index (χ1) is 14.5. The van der Waals surface area contributed by atoms with Gasteiger partial charge in [-0.1, -0.05) is 29.8 Å². The molecule has 3 aromatic rings. The van der Waals surface area contributed by atoms with Crippen molar-refractivity contribution in [1.82, 2.24) is 10.7 Å². The molecule has 0 fully saturated rings. The molecule has 2 N–H and O–H groups in total. The van der Waals surface area contributed by atoms with Crippen molar-refractivity contribution < 1.29 is 19.1 Å². The van der Waals surface area contributed by atoms with Gasteiger partial charge in [0.2, 0.25) is 0 Å². The van der Waals surface area contributed by atoms with E-state index in [2.05, 4.69) is 15.8 Å². The standard InChI is InChI=1S/C21H16ClN3O4S/c22-17-5-2-1-4-16(17)20(27)23-13-19(26)25-24-12-14-7-9-15(10-8-14)29-21(28)18-6-3-11-30-18/h1-12H,13H2,(H,23,27)(H,25,26)/b24-12+. The summed E-state index contributed by atoms with van der Waals surface area (Å²) in [6.45, 7) is -0.251. The van der Waals surface area contributed by atoms with Crippen molar-refractivity contribution in [1.29, 1.82) is 0 Å². The summed E-state index contributed by atoms with van der Waals surface area (Å²) in [5, 5.41) is 8.40. The van der Waals surface area contributed by atoms with E-state index in [1.54, 1.807) is 66.0 Å². The van der Waals surface area contributed by atoms with E-state index < -0.39 is 17.8 Å². The summed E-state index contributed by atoms with van der Waals surface area (Å²) in [7, 11) is 0. The molecule has 30 heavy (non-hydrogen) atoms. The van der Waals surface area contributed by atoms with Crippen molar-refractivity contribution in [3.8, 4) is 5.75 Å². The highest BCUT2D eigenvalue weighted by Gasteiger charge is 2.11. The van der Waals surface area contributed by atoms with Crippen LogP contribution in [0.15, 0.2) is 71.1 Å². The third-order valence-electron chi connectivity index (χ3n) is 3.74. The smallest absolute Gasteiger partial charge is 0.353 e. The molecular formula is C21H16ClN3O4S. The van der Waals surface area contributed by atoms with Crippen LogP contribution in [-0.4, -0.2) is 30.5 Å². The van der Waals surface area contributed by atoms with Gasteiger partial charge in [0.25, 0.3) is 11.8 Å². The van der Waals surface area contributed by atoms with Crippen LogP contribution < -0.4 is 15.5 Å². The molecule has 0 aliphatic rings. The number of rotatable bonds is 7. The molecule has 0 bridgehead atoms. The Bertz CT molecular complexity index is 1070. The first kappa shape index (κ1) is 21.2. The maximum atomic E-state index is 12.0. The Morgan fingerprint density at radius 2 is 1.80 bits per heavy atom. The number of nitrogens with zero attached hydrogens (tertiary/aromatic N) is 1. The summed E-state index contributed by atoms with van der Waals surface area (Å²) in [5.41, 5.74) is 3.29. The fourth-order valence-electron chi connectivity index (χ4n) is 2.29. The molecule has 0 aliphatic heterocycles. The van der Waals surface area contributed by atoms with Crippen molar-refractivity contribution in [3.05, 3.63) is 87.1 Å². The monoisotopic (exact) mass is 441 g/mol. The Labute approximate surface area is 181 Å². The van der Waals surface area contributed by atoms with Crippen LogP contribution in [0.2, 0.25) is 5.02 Å². The minimum absolute atomic E-state index is 0.251. The van der Waals surface area contributed by atoms with Gasteiger partial charge < -0.3 is 10.1 Å². The Morgan fingerprint density at radius 3 is 2.50 bits per heavy atom. The van der Waals surface area contributed by atoms with Crippen molar-refractivity contribution in [2.45, 2.75) is 0 Å². The van der Waals surface area contributed by atoms with E-state index in [4.69, 9.17) is 16.3 Å². The van der Waals surface area contributed by atoms with Crippen LogP contribution in [0, 0.1) is 0 Å². The van der Waals surface area contributed by atoms with Crippen LogP contribution in [0.3, 0.4) is 0 Å². The highest BCUT2D eigenvalue weighted by atomic mass is 35.5. The second kappa shape index (κ2) is 10.3. The lowest BCUT2D eigenvalue weighted by molar-refractivity contribution is -0.120. The highest BCUT2D eigenvalue weighted by Crippen LogP contribution is 2.16. The molecule has 2 amide bonds. The quantitative estimate of drug-likeness (QED) is 0.254. The van der Waals surface area contributed by atoms with Crippen LogP contribution in [0.25, 0.3) is 0 Å². The molecule has 0 atom stereocenters. The van der Waals surface area contributed by atoms with Crippen LogP contribution in [0.5, 0.6) is 5.75 Å². The Balaban J connectivity index is 1.44. The van der Waals surface area contributed by atoms with Gasteiger partial charge in [-0.05, 0) is 53.4 Å². The number of hydrazone groups is 1. The lowest BCUT2D eigenvalue weighted by Crippen LogP contribution is -2.35. The number of halogens is 1. The van der Waals surface area contributed by atoms with Crippen LogP contribution in [0.4, 0.5) is 0 Å². The molecule has 2 aromatic carbocycles. The molecule has 0 aliphatic carbocycles. The van der Waals surface area contributed by atoms with E-state index in [9.17, 15) is 14.4 Å². The minimum atomic E-state index is -0.492. The lowest BCUT2D eigenvalue weighted by Gasteiger charge is -2.05. The number of amides is 2. The SMILES string of the molecule is O=C(CNC(=O)c1ccccc1Cl)N/N=C/c1ccc(OC(=O)c2cccs2)cc1.